The molecule has 1 unspecified atom stereocenters. The van der Waals surface area contributed by atoms with E-state index in [1.807, 2.05) is 12.1 Å². The second-order valence-corrected chi connectivity index (χ2v) is 6.85. The van der Waals surface area contributed by atoms with Gasteiger partial charge in [0.25, 0.3) is 0 Å². The summed E-state index contributed by atoms with van der Waals surface area (Å²) in [5.41, 5.74) is 6.17. The van der Waals surface area contributed by atoms with Crippen LogP contribution in [0.25, 0.3) is 10.9 Å². The van der Waals surface area contributed by atoms with Crippen molar-refractivity contribution in [3.8, 4) is 0 Å². The highest BCUT2D eigenvalue weighted by Gasteiger charge is 2.23. The van der Waals surface area contributed by atoms with E-state index in [0.717, 1.165) is 25.1 Å². The number of aliphatic hydroxyl groups is 1. The summed E-state index contributed by atoms with van der Waals surface area (Å²) in [6.45, 7) is 4.73. The Kier molecular flexibility index (Phi) is 3.87. The van der Waals surface area contributed by atoms with Gasteiger partial charge in [0.15, 0.2) is 0 Å². The van der Waals surface area contributed by atoms with E-state index in [9.17, 15) is 5.11 Å². The lowest BCUT2D eigenvalue weighted by molar-refractivity contribution is 0.154. The van der Waals surface area contributed by atoms with Gasteiger partial charge in [0.05, 0.1) is 12.6 Å². The summed E-state index contributed by atoms with van der Waals surface area (Å²) in [5.74, 6) is 0. The Hall–Kier alpha value is -2.17. The Morgan fingerprint density at radius 3 is 2.96 bits per heavy atom. The zero-order valence-corrected chi connectivity index (χ0v) is 14.2. The lowest BCUT2D eigenvalue weighted by atomic mass is 10.0. The first kappa shape index (κ1) is 15.4. The number of nitrogens with zero attached hydrogens (tertiary/aromatic N) is 3. The van der Waals surface area contributed by atoms with Crippen LogP contribution in [0.1, 0.15) is 28.5 Å². The fraction of sp³-hybridized carbons (Fsp3) is 0.350. The van der Waals surface area contributed by atoms with Crippen molar-refractivity contribution < 1.29 is 5.11 Å². The third-order valence-electron chi connectivity index (χ3n) is 5.03. The van der Waals surface area contributed by atoms with Crippen LogP contribution in [-0.4, -0.2) is 33.1 Å². The Balaban J connectivity index is 1.81. The van der Waals surface area contributed by atoms with E-state index in [0.29, 0.717) is 6.54 Å². The molecule has 4 nitrogen and oxygen atoms in total. The van der Waals surface area contributed by atoms with Crippen molar-refractivity contribution in [2.45, 2.75) is 32.5 Å². The van der Waals surface area contributed by atoms with Crippen LogP contribution in [0.5, 0.6) is 0 Å². The first-order valence-electron chi connectivity index (χ1n) is 8.50. The monoisotopic (exact) mass is 321 g/mol. The van der Waals surface area contributed by atoms with Crippen molar-refractivity contribution in [3.63, 3.8) is 0 Å². The van der Waals surface area contributed by atoms with Crippen LogP contribution in [0.4, 0.5) is 0 Å². The second-order valence-electron chi connectivity index (χ2n) is 6.85. The van der Waals surface area contributed by atoms with Gasteiger partial charge in [-0.15, -0.1) is 0 Å². The third kappa shape index (κ3) is 2.62. The molecule has 3 heterocycles. The molecule has 0 radical (unpaired) electrons. The second kappa shape index (κ2) is 6.04. The zero-order valence-electron chi connectivity index (χ0n) is 14.2. The molecule has 0 spiro atoms. The summed E-state index contributed by atoms with van der Waals surface area (Å²) in [5, 5.41) is 12.0. The average molecular weight is 321 g/mol. The van der Waals surface area contributed by atoms with Gasteiger partial charge in [0.2, 0.25) is 0 Å². The predicted octanol–water partition coefficient (Wildman–Crippen LogP) is 3.07. The molecule has 0 saturated carbocycles. The van der Waals surface area contributed by atoms with Gasteiger partial charge in [-0.3, -0.25) is 4.98 Å². The van der Waals surface area contributed by atoms with Crippen molar-refractivity contribution in [2.75, 3.05) is 13.6 Å². The molecule has 1 atom stereocenters. The number of fused-ring (bicyclic) bond motifs is 3. The van der Waals surface area contributed by atoms with Gasteiger partial charge in [-0.25, -0.2) is 0 Å². The van der Waals surface area contributed by atoms with Crippen LogP contribution in [0.15, 0.2) is 42.7 Å². The lowest BCUT2D eigenvalue weighted by Crippen LogP contribution is -2.28. The predicted molar refractivity (Wildman–Crippen MR) is 95.9 cm³/mol. The summed E-state index contributed by atoms with van der Waals surface area (Å²) in [7, 11) is 2.16. The van der Waals surface area contributed by atoms with Crippen molar-refractivity contribution in [1.29, 1.82) is 0 Å². The number of aromatic nitrogens is 2. The summed E-state index contributed by atoms with van der Waals surface area (Å²) in [6, 6.07) is 10.4. The number of benzene rings is 1. The first-order valence-corrected chi connectivity index (χ1v) is 8.50. The summed E-state index contributed by atoms with van der Waals surface area (Å²) >= 11 is 0. The topological polar surface area (TPSA) is 41.3 Å². The van der Waals surface area contributed by atoms with Gasteiger partial charge in [0, 0.05) is 47.6 Å². The van der Waals surface area contributed by atoms with E-state index < -0.39 is 6.10 Å². The average Bonchev–Trinajstić information content (AvgIpc) is 2.88. The summed E-state index contributed by atoms with van der Waals surface area (Å²) in [4.78, 5) is 6.48. The number of pyridine rings is 1. The van der Waals surface area contributed by atoms with Crippen LogP contribution < -0.4 is 0 Å². The number of likely N-dealkylation sites (N-methyl/N-ethyl adjacent to an activating group) is 1. The largest absolute Gasteiger partial charge is 0.386 e. The highest BCUT2D eigenvalue weighted by atomic mass is 16.3. The molecule has 4 rings (SSSR count). The summed E-state index contributed by atoms with van der Waals surface area (Å²) in [6.07, 6.45) is 4.01. The number of aryl methyl sites for hydroxylation is 1. The maximum absolute atomic E-state index is 10.7. The zero-order chi connectivity index (χ0) is 16.7. The van der Waals surface area contributed by atoms with Gasteiger partial charge in [-0.05, 0) is 44.2 Å². The molecule has 24 heavy (non-hydrogen) atoms. The molecule has 3 aromatic rings. The molecule has 1 aliphatic rings. The highest BCUT2D eigenvalue weighted by Crippen LogP contribution is 2.32. The number of hydrogen-bond donors (Lipinski definition) is 1. The lowest BCUT2D eigenvalue weighted by Gasteiger charge is -2.25. The van der Waals surface area contributed by atoms with E-state index in [1.165, 1.54) is 27.7 Å². The van der Waals surface area contributed by atoms with Crippen LogP contribution >= 0.6 is 0 Å². The smallest absolute Gasteiger partial charge is 0.0983 e. The van der Waals surface area contributed by atoms with Gasteiger partial charge in [-0.1, -0.05) is 17.7 Å². The molecule has 1 aliphatic heterocycles. The van der Waals surface area contributed by atoms with Gasteiger partial charge < -0.3 is 14.6 Å². The van der Waals surface area contributed by atoms with Crippen molar-refractivity contribution in [2.24, 2.45) is 0 Å². The van der Waals surface area contributed by atoms with E-state index in [4.69, 9.17) is 0 Å². The standard InChI is InChI=1S/C20H23N3O/c1-14-5-6-18-17(10-14)16-7-9-22(2)12-19(16)23(18)13-20(24)15-4-3-8-21-11-15/h3-6,8,10-11,20,24H,7,9,12-13H2,1-2H3. The molecule has 0 saturated heterocycles. The fourth-order valence-corrected chi connectivity index (χ4v) is 3.75. The molecule has 1 N–H and O–H groups in total. The van der Waals surface area contributed by atoms with E-state index >= 15 is 0 Å². The Morgan fingerprint density at radius 1 is 1.29 bits per heavy atom. The maximum atomic E-state index is 10.7. The van der Waals surface area contributed by atoms with E-state index in [-0.39, 0.29) is 0 Å². The maximum Gasteiger partial charge on any atom is 0.0983 e. The van der Waals surface area contributed by atoms with Crippen LogP contribution in [-0.2, 0) is 19.5 Å². The van der Waals surface area contributed by atoms with E-state index in [1.54, 1.807) is 12.4 Å². The Morgan fingerprint density at radius 2 is 2.17 bits per heavy atom. The Labute approximate surface area is 142 Å². The number of hydrogen-bond acceptors (Lipinski definition) is 3. The molecular weight excluding hydrogens is 298 g/mol. The molecule has 4 heteroatoms. The minimum Gasteiger partial charge on any atom is -0.386 e. The van der Waals surface area contributed by atoms with Crippen molar-refractivity contribution in [3.05, 3.63) is 65.1 Å². The minimum atomic E-state index is -0.549. The number of rotatable bonds is 3. The molecule has 2 aromatic heterocycles. The van der Waals surface area contributed by atoms with Crippen molar-refractivity contribution >= 4 is 10.9 Å². The van der Waals surface area contributed by atoms with Crippen LogP contribution in [0, 0.1) is 6.92 Å². The Bertz CT molecular complexity index is 869. The van der Waals surface area contributed by atoms with Crippen LogP contribution in [0.3, 0.4) is 0 Å². The van der Waals surface area contributed by atoms with Gasteiger partial charge in [-0.2, -0.15) is 0 Å². The molecular formula is C20H23N3O. The number of aliphatic hydroxyl groups excluding tert-OH is 1. The summed E-state index contributed by atoms with van der Waals surface area (Å²) < 4.78 is 2.30. The molecule has 0 amide bonds. The molecule has 0 fully saturated rings. The first-order chi connectivity index (χ1) is 11.6. The quantitative estimate of drug-likeness (QED) is 0.806. The highest BCUT2D eigenvalue weighted by molar-refractivity contribution is 5.86. The van der Waals surface area contributed by atoms with Gasteiger partial charge in [0.1, 0.15) is 0 Å². The fourth-order valence-electron chi connectivity index (χ4n) is 3.75. The van der Waals surface area contributed by atoms with Gasteiger partial charge >= 0.3 is 0 Å². The van der Waals surface area contributed by atoms with Crippen molar-refractivity contribution in [1.82, 2.24) is 14.5 Å². The van der Waals surface area contributed by atoms with E-state index in [2.05, 4.69) is 46.6 Å². The normalized spacial score (nSPS) is 16.3. The molecule has 0 aliphatic carbocycles. The molecule has 0 bridgehead atoms. The minimum absolute atomic E-state index is 0.549. The SMILES string of the molecule is Cc1ccc2c(c1)c1c(n2CC(O)c2cccnc2)CN(C)CC1. The molecule has 124 valence electrons. The molecule has 1 aromatic carbocycles. The van der Waals surface area contributed by atoms with Crippen LogP contribution in [0.2, 0.25) is 0 Å². The third-order valence-corrected chi connectivity index (χ3v) is 5.03.